The smallest absolute Gasteiger partial charge is 0.0340 e. The molecule has 1 saturated heterocycles. The molecule has 1 heterocycles. The van der Waals surface area contributed by atoms with E-state index in [0.717, 1.165) is 30.0 Å². The average molecular weight is 813 g/mol. The van der Waals surface area contributed by atoms with Gasteiger partial charge in [-0.15, -0.1) is 19.7 Å². The Balaban J connectivity index is 0.000000480. The van der Waals surface area contributed by atoms with Crippen molar-refractivity contribution in [2.75, 3.05) is 26.7 Å². The first-order valence-electron chi connectivity index (χ1n) is 22.7. The number of fused-ring (bicyclic) bond motifs is 1. The van der Waals surface area contributed by atoms with Crippen LogP contribution in [-0.4, -0.2) is 31.6 Å². The van der Waals surface area contributed by atoms with E-state index in [1.54, 1.807) is 22.8 Å². The maximum atomic E-state index is 4.18. The highest BCUT2D eigenvalue weighted by atomic mass is 15.1. The second-order valence-corrected chi connectivity index (χ2v) is 17.9. The van der Waals surface area contributed by atoms with Crippen LogP contribution in [0.1, 0.15) is 152 Å². The zero-order valence-electron chi connectivity index (χ0n) is 39.5. The van der Waals surface area contributed by atoms with Gasteiger partial charge in [-0.2, -0.15) is 0 Å². The monoisotopic (exact) mass is 813 g/mol. The van der Waals surface area contributed by atoms with Crippen LogP contribution >= 0.6 is 0 Å². The first-order chi connectivity index (χ1) is 28.2. The predicted octanol–water partition coefficient (Wildman–Crippen LogP) is 16.1. The summed E-state index contributed by atoms with van der Waals surface area (Å²) in [7, 11) is 2.24. The Morgan fingerprint density at radius 2 is 1.47 bits per heavy atom. The lowest BCUT2D eigenvalue weighted by atomic mass is 9.71. The molecule has 2 unspecified atom stereocenters. The molecule has 0 aromatic heterocycles. The van der Waals surface area contributed by atoms with E-state index >= 15 is 0 Å². The predicted molar refractivity (Wildman–Crippen MR) is 272 cm³/mol. The number of allylic oxidation sites excluding steroid dienone is 6. The molecule has 2 atom stereocenters. The molecule has 3 aliphatic rings. The van der Waals surface area contributed by atoms with Crippen LogP contribution in [0.3, 0.4) is 0 Å². The normalized spacial score (nSPS) is 17.3. The van der Waals surface area contributed by atoms with E-state index in [-0.39, 0.29) is 12.8 Å². The van der Waals surface area contributed by atoms with Crippen molar-refractivity contribution in [3.63, 3.8) is 0 Å². The Bertz CT molecular complexity index is 1750. The maximum Gasteiger partial charge on any atom is 0.0340 e. The van der Waals surface area contributed by atoms with E-state index < -0.39 is 0 Å². The molecule has 2 aliphatic carbocycles. The Morgan fingerprint density at radius 3 is 2.05 bits per heavy atom. The molecule has 0 saturated carbocycles. The van der Waals surface area contributed by atoms with Gasteiger partial charge in [0, 0.05) is 12.2 Å². The summed E-state index contributed by atoms with van der Waals surface area (Å²) in [5.74, 6) is 2.26. The Kier molecular flexibility index (Phi) is 25.5. The zero-order valence-corrected chi connectivity index (χ0v) is 39.5. The van der Waals surface area contributed by atoms with Gasteiger partial charge in [-0.1, -0.05) is 145 Å². The summed E-state index contributed by atoms with van der Waals surface area (Å²) >= 11 is 0. The molecule has 2 nitrogen and oxygen atoms in total. The number of aryl methyl sites for hydroxylation is 4. The first kappa shape index (κ1) is 53.9. The van der Waals surface area contributed by atoms with Gasteiger partial charge in [0.1, 0.15) is 0 Å². The summed E-state index contributed by atoms with van der Waals surface area (Å²) in [6.45, 7) is 40.6. The van der Waals surface area contributed by atoms with Gasteiger partial charge < -0.3 is 10.2 Å². The number of piperidine rings is 1. The molecule has 3 aromatic rings. The molecule has 2 heteroatoms. The van der Waals surface area contributed by atoms with E-state index in [2.05, 4.69) is 184 Å². The second kappa shape index (κ2) is 28.4. The molecule has 330 valence electrons. The number of hydrogen-bond donors (Lipinski definition) is 1. The fourth-order valence-corrected chi connectivity index (χ4v) is 8.23. The van der Waals surface area contributed by atoms with Gasteiger partial charge in [0.15, 0.2) is 0 Å². The molecule has 60 heavy (non-hydrogen) atoms. The number of nitrogens with one attached hydrogen (secondary N) is 1. The molecule has 6 rings (SSSR count). The number of benzene rings is 3. The minimum Gasteiger partial charge on any atom is -0.385 e. The van der Waals surface area contributed by atoms with Crippen LogP contribution in [0.25, 0.3) is 5.70 Å². The molecule has 1 aliphatic heterocycles. The van der Waals surface area contributed by atoms with E-state index in [4.69, 9.17) is 0 Å². The van der Waals surface area contributed by atoms with Gasteiger partial charge in [-0.05, 0) is 186 Å². The van der Waals surface area contributed by atoms with Crippen molar-refractivity contribution in [3.05, 3.63) is 174 Å². The summed E-state index contributed by atoms with van der Waals surface area (Å²) in [5.41, 5.74) is 15.4. The maximum absolute atomic E-state index is 4.18. The van der Waals surface area contributed by atoms with Crippen LogP contribution in [-0.2, 0) is 18.3 Å². The van der Waals surface area contributed by atoms with Crippen molar-refractivity contribution in [3.8, 4) is 0 Å². The lowest BCUT2D eigenvalue weighted by Crippen LogP contribution is -2.29. The third-order valence-electron chi connectivity index (χ3n) is 12.0. The van der Waals surface area contributed by atoms with Crippen LogP contribution in [0.2, 0.25) is 0 Å². The molecule has 0 amide bonds. The summed E-state index contributed by atoms with van der Waals surface area (Å²) < 4.78 is 0. The van der Waals surface area contributed by atoms with Crippen LogP contribution in [0, 0.1) is 25.7 Å². The van der Waals surface area contributed by atoms with Crippen molar-refractivity contribution in [1.29, 1.82) is 0 Å². The van der Waals surface area contributed by atoms with Gasteiger partial charge in [-0.25, -0.2) is 0 Å². The third kappa shape index (κ3) is 18.2. The van der Waals surface area contributed by atoms with E-state index in [1.807, 2.05) is 6.92 Å². The standard InChI is InChI=1S/C28H41N.C13H18.C11H15N.C3H6.C2H4.CH4/c1-22-11-16-27(28(2,3)4)21-26(22)10-8-6-7-9-23-12-14-24(15-13-23)25-17-19-29(5)20-18-25;1-9-8-10(2)12-6-4-5-7-13(12)11(9)3;1-4-12-10(3)11-7-5-9(2)6-8-11;1-3-2;1-2;/h11-16,21,25H,6-10,17-20H2,1-5H3;7-8,10,12H,3-6H2,1-2H3;5-8,12H,3-4H2,1-2H3;3H,1H2,2H3;1-2H2;1H4. The van der Waals surface area contributed by atoms with E-state index in [1.165, 1.54) is 116 Å². The van der Waals surface area contributed by atoms with Crippen LogP contribution in [0.15, 0.2) is 135 Å². The van der Waals surface area contributed by atoms with Gasteiger partial charge in [0.2, 0.25) is 0 Å². The number of nitrogens with zero attached hydrogens (tertiary/aromatic N) is 1. The topological polar surface area (TPSA) is 15.3 Å². The van der Waals surface area contributed by atoms with Crippen molar-refractivity contribution in [2.45, 2.75) is 145 Å². The highest BCUT2D eigenvalue weighted by Gasteiger charge is 2.28. The zero-order chi connectivity index (χ0) is 44.0. The SMILES string of the molecule is C.C=C.C=C(NCC)c1ccc(C)cc1.C=C1C(C)=CC(C)C2CCCC=C12.C=CC.Cc1ccc(C(C)(C)C)cc1CCCCCc1ccc(C2CCN(C)CC2)cc1. The van der Waals surface area contributed by atoms with Gasteiger partial charge >= 0.3 is 0 Å². The largest absolute Gasteiger partial charge is 0.385 e. The summed E-state index contributed by atoms with van der Waals surface area (Å²) in [6.07, 6.45) is 19.5. The highest BCUT2D eigenvalue weighted by molar-refractivity contribution is 5.61. The highest BCUT2D eigenvalue weighted by Crippen LogP contribution is 2.41. The molecular weight excluding hydrogens is 725 g/mol. The molecule has 1 fully saturated rings. The van der Waals surface area contributed by atoms with Crippen molar-refractivity contribution >= 4 is 5.70 Å². The Hall–Kier alpha value is -4.14. The average Bonchev–Trinajstić information content (AvgIpc) is 3.22. The Labute approximate surface area is 371 Å². The van der Waals surface area contributed by atoms with Crippen molar-refractivity contribution < 1.29 is 0 Å². The minimum atomic E-state index is 0. The van der Waals surface area contributed by atoms with Gasteiger partial charge in [0.05, 0.1) is 0 Å². The molecule has 1 N–H and O–H groups in total. The summed E-state index contributed by atoms with van der Waals surface area (Å²) in [5, 5.41) is 3.19. The molecule has 0 spiro atoms. The quantitative estimate of drug-likeness (QED) is 0.162. The van der Waals surface area contributed by atoms with Gasteiger partial charge in [-0.3, -0.25) is 0 Å². The van der Waals surface area contributed by atoms with Gasteiger partial charge in [0.25, 0.3) is 0 Å². The summed E-state index contributed by atoms with van der Waals surface area (Å²) in [6, 6.07) is 25.0. The number of unbranched alkanes of at least 4 members (excludes halogenated alkanes) is 2. The fraction of sp³-hybridized carbons (Fsp3) is 0.483. The van der Waals surface area contributed by atoms with E-state index in [9.17, 15) is 0 Å². The number of likely N-dealkylation sites (tertiary alicyclic amines) is 1. The van der Waals surface area contributed by atoms with Crippen molar-refractivity contribution in [1.82, 2.24) is 10.2 Å². The van der Waals surface area contributed by atoms with E-state index in [0.29, 0.717) is 0 Å². The lowest BCUT2D eigenvalue weighted by Gasteiger charge is -2.34. The Morgan fingerprint density at radius 1 is 0.867 bits per heavy atom. The van der Waals surface area contributed by atoms with Crippen LogP contribution in [0.4, 0.5) is 0 Å². The number of hydrogen-bond acceptors (Lipinski definition) is 2. The lowest BCUT2D eigenvalue weighted by molar-refractivity contribution is 0.255. The minimum absolute atomic E-state index is 0. The van der Waals surface area contributed by atoms with Crippen molar-refractivity contribution in [2.24, 2.45) is 11.8 Å². The van der Waals surface area contributed by atoms with Crippen LogP contribution in [0.5, 0.6) is 0 Å². The molecular formula is C58H88N2. The third-order valence-corrected chi connectivity index (χ3v) is 12.0. The number of rotatable bonds is 10. The molecule has 0 bridgehead atoms. The van der Waals surface area contributed by atoms with Crippen LogP contribution < -0.4 is 5.32 Å². The second-order valence-electron chi connectivity index (χ2n) is 17.9. The summed E-state index contributed by atoms with van der Waals surface area (Å²) in [4.78, 5) is 2.45. The first-order valence-corrected chi connectivity index (χ1v) is 22.7. The fourth-order valence-electron chi connectivity index (χ4n) is 8.23. The molecule has 0 radical (unpaired) electrons. The molecule has 3 aromatic carbocycles.